The Morgan fingerprint density at radius 2 is 1.46 bits per heavy atom. The van der Waals surface area contributed by atoms with E-state index in [4.69, 9.17) is 0 Å². The lowest BCUT2D eigenvalue weighted by Gasteiger charge is -2.30. The molecule has 1 fully saturated rings. The van der Waals surface area contributed by atoms with Gasteiger partial charge in [0.05, 0.1) is 0 Å². The molecule has 1 rings (SSSR count). The first kappa shape index (κ1) is 11.0. The number of hydrogen-bond acceptors (Lipinski definition) is 1. The molecule has 13 heavy (non-hydrogen) atoms. The zero-order valence-electron chi connectivity index (χ0n) is 9.80. The number of hydrogen-bond donors (Lipinski definition) is 1. The Morgan fingerprint density at radius 1 is 0.923 bits per heavy atom. The largest absolute Gasteiger partial charge is 0.316 e. The minimum absolute atomic E-state index is 0.825. The van der Waals surface area contributed by atoms with Crippen molar-refractivity contribution in [2.45, 2.75) is 34.6 Å². The fourth-order valence-corrected chi connectivity index (χ4v) is 2.52. The van der Waals surface area contributed by atoms with Crippen LogP contribution in [0.2, 0.25) is 0 Å². The second-order valence-corrected chi connectivity index (χ2v) is 5.33. The predicted molar refractivity (Wildman–Crippen MR) is 58.7 cm³/mol. The highest BCUT2D eigenvalue weighted by atomic mass is 14.9. The van der Waals surface area contributed by atoms with E-state index in [-0.39, 0.29) is 0 Å². The summed E-state index contributed by atoms with van der Waals surface area (Å²) in [5.41, 5.74) is 0. The van der Waals surface area contributed by atoms with Gasteiger partial charge in [-0.2, -0.15) is 0 Å². The summed E-state index contributed by atoms with van der Waals surface area (Å²) in [6, 6.07) is 0. The van der Waals surface area contributed by atoms with E-state index in [1.54, 1.807) is 0 Å². The van der Waals surface area contributed by atoms with Crippen LogP contribution in [0.1, 0.15) is 34.6 Å². The zero-order valence-corrected chi connectivity index (χ0v) is 9.80. The lowest BCUT2D eigenvalue weighted by atomic mass is 9.75. The minimum Gasteiger partial charge on any atom is -0.316 e. The molecular formula is C12H25N. The molecule has 1 nitrogen and oxygen atoms in total. The maximum absolute atomic E-state index is 3.54. The van der Waals surface area contributed by atoms with Crippen LogP contribution >= 0.6 is 0 Å². The average Bonchev–Trinajstić information content (AvgIpc) is 2.50. The Hall–Kier alpha value is -0.0400. The number of rotatable bonds is 3. The summed E-state index contributed by atoms with van der Waals surface area (Å²) in [5.74, 6) is 4.33. The van der Waals surface area contributed by atoms with Gasteiger partial charge in [0.25, 0.3) is 0 Å². The van der Waals surface area contributed by atoms with Gasteiger partial charge >= 0.3 is 0 Å². The molecule has 0 bridgehead atoms. The van der Waals surface area contributed by atoms with Gasteiger partial charge in [0, 0.05) is 0 Å². The molecule has 1 heterocycles. The molecule has 0 spiro atoms. The van der Waals surface area contributed by atoms with Gasteiger partial charge in [-0.05, 0) is 42.7 Å². The van der Waals surface area contributed by atoms with Crippen molar-refractivity contribution < 1.29 is 0 Å². The maximum Gasteiger partial charge on any atom is -0.00145 e. The van der Waals surface area contributed by atoms with Crippen molar-refractivity contribution in [1.29, 1.82) is 0 Å². The quantitative estimate of drug-likeness (QED) is 0.709. The summed E-state index contributed by atoms with van der Waals surface area (Å²) < 4.78 is 0. The topological polar surface area (TPSA) is 12.0 Å². The van der Waals surface area contributed by atoms with Crippen LogP contribution in [0.3, 0.4) is 0 Å². The van der Waals surface area contributed by atoms with Gasteiger partial charge in [0.2, 0.25) is 0 Å². The van der Waals surface area contributed by atoms with Crippen molar-refractivity contribution in [3.63, 3.8) is 0 Å². The van der Waals surface area contributed by atoms with Crippen LogP contribution in [0.15, 0.2) is 0 Å². The second kappa shape index (κ2) is 4.45. The highest BCUT2D eigenvalue weighted by Crippen LogP contribution is 2.33. The molecule has 0 aromatic heterocycles. The molecule has 0 amide bonds. The first-order chi connectivity index (χ1) is 6.04. The van der Waals surface area contributed by atoms with Crippen LogP contribution in [0.25, 0.3) is 0 Å². The van der Waals surface area contributed by atoms with E-state index < -0.39 is 0 Å². The molecule has 3 unspecified atom stereocenters. The highest BCUT2D eigenvalue weighted by Gasteiger charge is 2.33. The van der Waals surface area contributed by atoms with Crippen molar-refractivity contribution in [1.82, 2.24) is 5.32 Å². The molecule has 0 aromatic rings. The summed E-state index contributed by atoms with van der Waals surface area (Å²) in [6.07, 6.45) is 0. The molecular weight excluding hydrogens is 158 g/mol. The summed E-state index contributed by atoms with van der Waals surface area (Å²) in [4.78, 5) is 0. The fraction of sp³-hybridized carbons (Fsp3) is 1.00. The van der Waals surface area contributed by atoms with E-state index in [1.807, 2.05) is 0 Å². The molecule has 3 atom stereocenters. The van der Waals surface area contributed by atoms with E-state index in [9.17, 15) is 0 Å². The normalized spacial score (nSPS) is 31.6. The minimum atomic E-state index is 0.825. The van der Waals surface area contributed by atoms with E-state index in [2.05, 4.69) is 39.9 Å². The molecule has 78 valence electrons. The summed E-state index contributed by atoms with van der Waals surface area (Å²) in [7, 11) is 0. The molecule has 1 heteroatoms. The Balaban J connectivity index is 2.57. The third kappa shape index (κ3) is 2.46. The fourth-order valence-electron chi connectivity index (χ4n) is 2.52. The van der Waals surface area contributed by atoms with Crippen LogP contribution in [0, 0.1) is 29.6 Å². The maximum atomic E-state index is 3.54. The van der Waals surface area contributed by atoms with Crippen LogP contribution in [0.5, 0.6) is 0 Å². The lowest BCUT2D eigenvalue weighted by molar-refractivity contribution is 0.201. The van der Waals surface area contributed by atoms with Crippen molar-refractivity contribution in [3.05, 3.63) is 0 Å². The van der Waals surface area contributed by atoms with Gasteiger partial charge in [0.15, 0.2) is 0 Å². The predicted octanol–water partition coefficient (Wildman–Crippen LogP) is 2.77. The zero-order chi connectivity index (χ0) is 10.0. The van der Waals surface area contributed by atoms with E-state index in [1.165, 1.54) is 13.1 Å². The van der Waals surface area contributed by atoms with E-state index >= 15 is 0 Å². The van der Waals surface area contributed by atoms with Crippen molar-refractivity contribution in [3.8, 4) is 0 Å². The van der Waals surface area contributed by atoms with Gasteiger partial charge in [-0.1, -0.05) is 34.6 Å². The monoisotopic (exact) mass is 183 g/mol. The molecule has 0 aliphatic carbocycles. The van der Waals surface area contributed by atoms with Crippen LogP contribution in [0.4, 0.5) is 0 Å². The molecule has 1 N–H and O–H groups in total. The molecule has 1 saturated heterocycles. The van der Waals surface area contributed by atoms with Crippen LogP contribution in [-0.2, 0) is 0 Å². The van der Waals surface area contributed by atoms with Gasteiger partial charge < -0.3 is 5.32 Å². The van der Waals surface area contributed by atoms with Gasteiger partial charge in [-0.3, -0.25) is 0 Å². The molecule has 0 aromatic carbocycles. The molecule has 0 radical (unpaired) electrons. The number of nitrogens with one attached hydrogen (secondary N) is 1. The molecule has 1 aliphatic heterocycles. The van der Waals surface area contributed by atoms with Crippen LogP contribution < -0.4 is 5.32 Å². The lowest BCUT2D eigenvalue weighted by Crippen LogP contribution is -2.27. The van der Waals surface area contributed by atoms with Gasteiger partial charge in [-0.15, -0.1) is 0 Å². The van der Waals surface area contributed by atoms with Crippen molar-refractivity contribution in [2.75, 3.05) is 13.1 Å². The Labute approximate surface area is 83.3 Å². The standard InChI is InChI=1S/C12H25N/c1-8(2)10(5)12-7-13-6-11(12)9(3)4/h8-13H,6-7H2,1-5H3. The molecule has 1 aliphatic rings. The van der Waals surface area contributed by atoms with E-state index in [0.717, 1.165) is 29.6 Å². The third-order valence-electron chi connectivity index (χ3n) is 3.89. The summed E-state index contributed by atoms with van der Waals surface area (Å²) in [5, 5.41) is 3.54. The molecule has 0 saturated carbocycles. The van der Waals surface area contributed by atoms with Gasteiger partial charge in [0.1, 0.15) is 0 Å². The average molecular weight is 183 g/mol. The summed E-state index contributed by atoms with van der Waals surface area (Å²) >= 11 is 0. The summed E-state index contributed by atoms with van der Waals surface area (Å²) in [6.45, 7) is 14.3. The highest BCUT2D eigenvalue weighted by molar-refractivity contribution is 4.86. The first-order valence-electron chi connectivity index (χ1n) is 5.74. The van der Waals surface area contributed by atoms with Crippen molar-refractivity contribution in [2.24, 2.45) is 29.6 Å². The Bertz CT molecular complexity index is 151. The Kier molecular flexibility index (Phi) is 3.78. The van der Waals surface area contributed by atoms with Crippen LogP contribution in [-0.4, -0.2) is 13.1 Å². The van der Waals surface area contributed by atoms with Gasteiger partial charge in [-0.25, -0.2) is 0 Å². The third-order valence-corrected chi connectivity index (χ3v) is 3.89. The van der Waals surface area contributed by atoms with E-state index in [0.29, 0.717) is 0 Å². The van der Waals surface area contributed by atoms with Crippen molar-refractivity contribution >= 4 is 0 Å². The second-order valence-electron chi connectivity index (χ2n) is 5.33. The first-order valence-corrected chi connectivity index (χ1v) is 5.74. The smallest absolute Gasteiger partial charge is 0.00145 e. The SMILES string of the molecule is CC(C)C(C)C1CNCC1C(C)C. The Morgan fingerprint density at radius 3 is 1.92 bits per heavy atom.